The predicted octanol–water partition coefficient (Wildman–Crippen LogP) is 5.47. The number of rotatable bonds is 17. The van der Waals surface area contributed by atoms with E-state index < -0.39 is 35.5 Å². The van der Waals surface area contributed by atoms with Crippen LogP contribution >= 0.6 is 0 Å². The van der Waals surface area contributed by atoms with Crippen LogP contribution in [0.1, 0.15) is 93.0 Å². The number of nitrogens with zero attached hydrogens (tertiary/aromatic N) is 1. The second-order valence-corrected chi connectivity index (χ2v) is 11.1. The van der Waals surface area contributed by atoms with E-state index in [9.17, 15) is 23.2 Å². The Morgan fingerprint density at radius 2 is 1.55 bits per heavy atom. The van der Waals surface area contributed by atoms with E-state index in [1.165, 1.54) is 18.2 Å². The lowest BCUT2D eigenvalue weighted by Gasteiger charge is -2.28. The molecule has 0 spiro atoms. The Bertz CT molecular complexity index is 1170. The van der Waals surface area contributed by atoms with Crippen LogP contribution in [0.5, 0.6) is 0 Å². The molecule has 0 radical (unpaired) electrons. The van der Waals surface area contributed by atoms with Crippen molar-refractivity contribution in [1.82, 2.24) is 15.5 Å². The molecule has 0 fully saturated rings. The van der Waals surface area contributed by atoms with Gasteiger partial charge in [0.15, 0.2) is 11.6 Å². The predicted molar refractivity (Wildman–Crippen MR) is 163 cm³/mol. The van der Waals surface area contributed by atoms with Crippen LogP contribution in [0.3, 0.4) is 0 Å². The zero-order valence-electron chi connectivity index (χ0n) is 25.7. The van der Waals surface area contributed by atoms with E-state index in [1.807, 2.05) is 13.8 Å². The van der Waals surface area contributed by atoms with Gasteiger partial charge in [-0.1, -0.05) is 65.7 Å². The maximum Gasteiger partial charge on any atom is 0.253 e. The van der Waals surface area contributed by atoms with Crippen molar-refractivity contribution in [3.63, 3.8) is 0 Å². The maximum absolute atomic E-state index is 14.6. The van der Waals surface area contributed by atoms with Gasteiger partial charge in [-0.15, -0.1) is 0 Å². The van der Waals surface area contributed by atoms with Crippen molar-refractivity contribution >= 4 is 17.7 Å². The van der Waals surface area contributed by atoms with Crippen LogP contribution in [0.15, 0.2) is 42.5 Å². The summed E-state index contributed by atoms with van der Waals surface area (Å²) in [6.07, 6.45) is 3.70. The molecule has 9 heteroatoms. The summed E-state index contributed by atoms with van der Waals surface area (Å²) >= 11 is 0. The van der Waals surface area contributed by atoms with Gasteiger partial charge in [0.25, 0.3) is 11.8 Å². The van der Waals surface area contributed by atoms with Crippen molar-refractivity contribution in [2.75, 3.05) is 19.6 Å². The second kappa shape index (κ2) is 17.6. The Hall–Kier alpha value is -3.33. The molecule has 7 nitrogen and oxygen atoms in total. The van der Waals surface area contributed by atoms with Crippen molar-refractivity contribution in [1.29, 1.82) is 0 Å². The van der Waals surface area contributed by atoms with E-state index in [-0.39, 0.29) is 35.8 Å². The molecule has 2 rings (SSSR count). The zero-order chi connectivity index (χ0) is 31.2. The smallest absolute Gasteiger partial charge is 0.253 e. The highest BCUT2D eigenvalue weighted by Crippen LogP contribution is 2.18. The molecule has 42 heavy (non-hydrogen) atoms. The first-order valence-corrected chi connectivity index (χ1v) is 15.2. The third kappa shape index (κ3) is 10.2. The van der Waals surface area contributed by atoms with Gasteiger partial charge in [-0.25, -0.2) is 8.78 Å². The number of amides is 3. The molecular weight excluding hydrogens is 538 g/mol. The van der Waals surface area contributed by atoms with Crippen LogP contribution in [0.2, 0.25) is 0 Å². The summed E-state index contributed by atoms with van der Waals surface area (Å²) in [5, 5.41) is 5.86. The fraction of sp³-hybridized carbons (Fsp3) is 0.545. The quantitative estimate of drug-likeness (QED) is 0.229. The summed E-state index contributed by atoms with van der Waals surface area (Å²) in [5.41, 5.74) is 7.25. The lowest BCUT2D eigenvalue weighted by Crippen LogP contribution is -2.50. The van der Waals surface area contributed by atoms with E-state index >= 15 is 0 Å². The van der Waals surface area contributed by atoms with Gasteiger partial charge >= 0.3 is 0 Å². The first kappa shape index (κ1) is 34.9. The minimum atomic E-state index is -1.00. The number of carbonyl (C=O) groups excluding carboxylic acids is 3. The summed E-state index contributed by atoms with van der Waals surface area (Å²) in [5.74, 6) is -2.86. The highest BCUT2D eigenvalue weighted by molar-refractivity contribution is 5.99. The molecule has 232 valence electrons. The molecular formula is C33H48F2N4O3. The minimum Gasteiger partial charge on any atom is -0.356 e. The van der Waals surface area contributed by atoms with E-state index in [0.29, 0.717) is 31.1 Å². The van der Waals surface area contributed by atoms with Crippen LogP contribution in [0.4, 0.5) is 8.78 Å². The fourth-order valence-electron chi connectivity index (χ4n) is 5.01. The van der Waals surface area contributed by atoms with Crippen molar-refractivity contribution < 1.29 is 23.2 Å². The van der Waals surface area contributed by atoms with Gasteiger partial charge in [0, 0.05) is 48.8 Å². The molecule has 3 amide bonds. The van der Waals surface area contributed by atoms with E-state index in [1.54, 1.807) is 30.0 Å². The van der Waals surface area contributed by atoms with Gasteiger partial charge in [-0.05, 0) is 61.4 Å². The molecule has 0 aliphatic heterocycles. The molecule has 3 atom stereocenters. The third-order valence-electron chi connectivity index (χ3n) is 7.74. The molecule has 0 unspecified atom stereocenters. The van der Waals surface area contributed by atoms with E-state index in [4.69, 9.17) is 5.73 Å². The number of nitrogens with one attached hydrogen (secondary N) is 2. The normalized spacial score (nSPS) is 13.4. The summed E-state index contributed by atoms with van der Waals surface area (Å²) < 4.78 is 28.6. The maximum atomic E-state index is 14.6. The molecule has 0 saturated carbocycles. The Morgan fingerprint density at radius 3 is 2.17 bits per heavy atom. The van der Waals surface area contributed by atoms with Gasteiger partial charge in [-0.2, -0.15) is 0 Å². The molecule has 2 aromatic rings. The molecule has 0 heterocycles. The number of hydrogen-bond acceptors (Lipinski definition) is 4. The second-order valence-electron chi connectivity index (χ2n) is 11.1. The van der Waals surface area contributed by atoms with Gasteiger partial charge in [0.05, 0.1) is 0 Å². The van der Waals surface area contributed by atoms with Gasteiger partial charge < -0.3 is 21.3 Å². The molecule has 0 aromatic heterocycles. The first-order chi connectivity index (χ1) is 20.1. The average molecular weight is 587 g/mol. The molecule has 0 aliphatic rings. The Labute approximate surface area is 249 Å². The number of carbonyl (C=O) groups is 3. The highest BCUT2D eigenvalue weighted by atomic mass is 19.2. The minimum absolute atomic E-state index is 0.0697. The van der Waals surface area contributed by atoms with Crippen LogP contribution in [-0.4, -0.2) is 54.3 Å². The molecule has 4 N–H and O–H groups in total. The highest BCUT2D eigenvalue weighted by Gasteiger charge is 2.27. The van der Waals surface area contributed by atoms with E-state index in [2.05, 4.69) is 24.5 Å². The molecule has 0 aliphatic carbocycles. The van der Waals surface area contributed by atoms with Gasteiger partial charge in [0.1, 0.15) is 0 Å². The number of benzene rings is 2. The fourth-order valence-corrected chi connectivity index (χ4v) is 5.01. The SMILES string of the molecule is CCCN(CCC)C(=O)c1cccc(C(=O)N[C@@H](Cc2cccc(F)c2F)[C@@H](N)C[C@@H](C)C(=O)NCC(CC)CC)c1. The van der Waals surface area contributed by atoms with Gasteiger partial charge in [0.2, 0.25) is 5.91 Å². The largest absolute Gasteiger partial charge is 0.356 e. The Balaban J connectivity index is 2.26. The summed E-state index contributed by atoms with van der Waals surface area (Å²) in [7, 11) is 0. The van der Waals surface area contributed by atoms with E-state index in [0.717, 1.165) is 31.7 Å². The Morgan fingerprint density at radius 1 is 0.929 bits per heavy atom. The monoisotopic (exact) mass is 586 g/mol. The number of halogens is 2. The molecule has 2 aromatic carbocycles. The van der Waals surface area contributed by atoms with Crippen molar-refractivity contribution in [2.45, 2.75) is 85.2 Å². The summed E-state index contributed by atoms with van der Waals surface area (Å²) in [4.78, 5) is 41.1. The van der Waals surface area contributed by atoms with Crippen molar-refractivity contribution in [3.8, 4) is 0 Å². The Kier molecular flexibility index (Phi) is 14.6. The van der Waals surface area contributed by atoms with Crippen molar-refractivity contribution in [2.24, 2.45) is 17.6 Å². The summed E-state index contributed by atoms with van der Waals surface area (Å²) in [6.45, 7) is 11.7. The third-order valence-corrected chi connectivity index (χ3v) is 7.74. The number of hydrogen-bond donors (Lipinski definition) is 3. The first-order valence-electron chi connectivity index (χ1n) is 15.2. The van der Waals surface area contributed by atoms with Crippen LogP contribution in [0.25, 0.3) is 0 Å². The van der Waals surface area contributed by atoms with Crippen LogP contribution in [0, 0.1) is 23.5 Å². The molecule has 0 bridgehead atoms. The lowest BCUT2D eigenvalue weighted by atomic mass is 9.91. The van der Waals surface area contributed by atoms with Gasteiger partial charge in [-0.3, -0.25) is 14.4 Å². The standard InChI is InChI=1S/C33H48F2N4O3/c1-6-16-39(17-7-2)33(42)26-14-10-13-25(19-26)32(41)38-29(20-24-12-11-15-27(34)30(24)35)28(36)18-22(5)31(40)37-21-23(8-3)9-4/h10-15,19,22-23,28-29H,6-9,16-18,20-21,36H2,1-5H3,(H,37,40)(H,38,41)/t22-,28+,29+/m1/s1. The van der Waals surface area contributed by atoms with Crippen LogP contribution in [-0.2, 0) is 11.2 Å². The summed E-state index contributed by atoms with van der Waals surface area (Å²) in [6, 6.07) is 8.78. The lowest BCUT2D eigenvalue weighted by molar-refractivity contribution is -0.125. The zero-order valence-corrected chi connectivity index (χ0v) is 25.7. The molecule has 0 saturated heterocycles. The average Bonchev–Trinajstić information content (AvgIpc) is 2.98. The topological polar surface area (TPSA) is 105 Å². The van der Waals surface area contributed by atoms with Crippen LogP contribution < -0.4 is 16.4 Å². The van der Waals surface area contributed by atoms with Crippen molar-refractivity contribution in [3.05, 3.63) is 70.8 Å². The number of nitrogens with two attached hydrogens (primary N) is 1.